The van der Waals surface area contributed by atoms with E-state index < -0.39 is 5.82 Å². The molecule has 0 unspecified atom stereocenters. The van der Waals surface area contributed by atoms with Crippen molar-refractivity contribution in [2.75, 3.05) is 23.3 Å². The average Bonchev–Trinajstić information content (AvgIpc) is 2.57. The summed E-state index contributed by atoms with van der Waals surface area (Å²) in [6, 6.07) is 12.9. The highest BCUT2D eigenvalue weighted by molar-refractivity contribution is 6.31. The molecule has 2 aromatic carbocycles. The van der Waals surface area contributed by atoms with Gasteiger partial charge in [-0.3, -0.25) is 0 Å². The number of para-hydroxylation sites is 2. The fourth-order valence-corrected chi connectivity index (χ4v) is 3.07. The molecule has 5 heteroatoms. The highest BCUT2D eigenvalue weighted by atomic mass is 35.5. The third-order valence-electron chi connectivity index (χ3n) is 4.21. The first-order valence-corrected chi connectivity index (χ1v) is 8.22. The summed E-state index contributed by atoms with van der Waals surface area (Å²) in [5.41, 5.74) is 2.83. The summed E-state index contributed by atoms with van der Waals surface area (Å²) in [7, 11) is 0. The minimum Gasteiger partial charge on any atom is -0.393 e. The molecule has 3 nitrogen and oxygen atoms in total. The molecule has 0 radical (unpaired) electrons. The molecule has 0 saturated carbocycles. The Hall–Kier alpha value is -1.78. The quantitative estimate of drug-likeness (QED) is 0.885. The standard InChI is InChI=1S/C18H20ClFN2O/c19-18-13(4-3-5-15(18)20)12-21-16-6-1-2-7-17(16)22-10-8-14(23)9-11-22/h1-7,14,21,23H,8-12H2. The minimum atomic E-state index is -0.399. The van der Waals surface area contributed by atoms with Gasteiger partial charge in [-0.15, -0.1) is 0 Å². The zero-order valence-electron chi connectivity index (χ0n) is 12.8. The van der Waals surface area contributed by atoms with E-state index in [4.69, 9.17) is 11.6 Å². The summed E-state index contributed by atoms with van der Waals surface area (Å²) >= 11 is 6.01. The topological polar surface area (TPSA) is 35.5 Å². The Morgan fingerprint density at radius 1 is 1.13 bits per heavy atom. The molecule has 0 bridgehead atoms. The molecule has 0 amide bonds. The van der Waals surface area contributed by atoms with Gasteiger partial charge in [-0.1, -0.05) is 35.9 Å². The van der Waals surface area contributed by atoms with Crippen LogP contribution in [0.4, 0.5) is 15.8 Å². The van der Waals surface area contributed by atoms with Crippen LogP contribution in [0.25, 0.3) is 0 Å². The maximum Gasteiger partial charge on any atom is 0.142 e. The molecule has 1 aliphatic rings. The van der Waals surface area contributed by atoms with Gasteiger partial charge in [0.05, 0.1) is 22.5 Å². The van der Waals surface area contributed by atoms with Gasteiger partial charge in [0.1, 0.15) is 5.82 Å². The molecule has 1 heterocycles. The van der Waals surface area contributed by atoms with Crippen LogP contribution in [-0.4, -0.2) is 24.3 Å². The Bertz CT molecular complexity index is 672. The van der Waals surface area contributed by atoms with E-state index >= 15 is 0 Å². The lowest BCUT2D eigenvalue weighted by Crippen LogP contribution is -2.36. The maximum atomic E-state index is 13.5. The minimum absolute atomic E-state index is 0.165. The number of nitrogens with one attached hydrogen (secondary N) is 1. The van der Waals surface area contributed by atoms with Crippen molar-refractivity contribution in [1.82, 2.24) is 0 Å². The van der Waals surface area contributed by atoms with E-state index in [-0.39, 0.29) is 11.1 Å². The fourth-order valence-electron chi connectivity index (χ4n) is 2.88. The van der Waals surface area contributed by atoms with Gasteiger partial charge >= 0.3 is 0 Å². The number of hydrogen-bond donors (Lipinski definition) is 2. The molecule has 2 N–H and O–H groups in total. The first kappa shape index (κ1) is 16.1. The van der Waals surface area contributed by atoms with E-state index in [9.17, 15) is 9.50 Å². The van der Waals surface area contributed by atoms with Gasteiger partial charge in [0.15, 0.2) is 0 Å². The van der Waals surface area contributed by atoms with Crippen LogP contribution in [0.2, 0.25) is 5.02 Å². The van der Waals surface area contributed by atoms with Crippen molar-refractivity contribution in [2.45, 2.75) is 25.5 Å². The summed E-state index contributed by atoms with van der Waals surface area (Å²) in [5, 5.41) is 13.2. The predicted octanol–water partition coefficient (Wildman–Crippen LogP) is 4.05. The van der Waals surface area contributed by atoms with Crippen LogP contribution in [0, 0.1) is 5.82 Å². The number of hydrogen-bond acceptors (Lipinski definition) is 3. The molecule has 0 atom stereocenters. The second-order valence-corrected chi connectivity index (χ2v) is 6.18. The van der Waals surface area contributed by atoms with Gasteiger partial charge in [0.25, 0.3) is 0 Å². The lowest BCUT2D eigenvalue weighted by atomic mass is 10.1. The third kappa shape index (κ3) is 3.77. The molecule has 0 aliphatic carbocycles. The molecular formula is C18H20ClFN2O. The van der Waals surface area contributed by atoms with Crippen molar-refractivity contribution in [1.29, 1.82) is 0 Å². The Morgan fingerprint density at radius 3 is 2.65 bits per heavy atom. The Kier molecular flexibility index (Phi) is 5.03. The van der Waals surface area contributed by atoms with Crippen LogP contribution < -0.4 is 10.2 Å². The summed E-state index contributed by atoms with van der Waals surface area (Å²) in [6.07, 6.45) is 1.37. The SMILES string of the molecule is OC1CCN(c2ccccc2NCc2cccc(F)c2Cl)CC1. The van der Waals surface area contributed by atoms with Gasteiger partial charge in [-0.25, -0.2) is 4.39 Å². The molecule has 1 aliphatic heterocycles. The Morgan fingerprint density at radius 2 is 1.87 bits per heavy atom. The normalized spacial score (nSPS) is 15.7. The number of halogens is 2. The monoisotopic (exact) mass is 334 g/mol. The fraction of sp³-hybridized carbons (Fsp3) is 0.333. The molecule has 0 aromatic heterocycles. The van der Waals surface area contributed by atoms with Crippen LogP contribution in [0.5, 0.6) is 0 Å². The van der Waals surface area contributed by atoms with Crippen LogP contribution in [-0.2, 0) is 6.54 Å². The zero-order chi connectivity index (χ0) is 16.2. The van der Waals surface area contributed by atoms with Crippen LogP contribution in [0.1, 0.15) is 18.4 Å². The van der Waals surface area contributed by atoms with Gasteiger partial charge in [0.2, 0.25) is 0 Å². The average molecular weight is 335 g/mol. The number of rotatable bonds is 4. The molecular weight excluding hydrogens is 315 g/mol. The lowest BCUT2D eigenvalue weighted by Gasteiger charge is -2.33. The number of nitrogens with zero attached hydrogens (tertiary/aromatic N) is 1. The largest absolute Gasteiger partial charge is 0.393 e. The molecule has 1 saturated heterocycles. The summed E-state index contributed by atoms with van der Waals surface area (Å²) in [4.78, 5) is 2.27. The second kappa shape index (κ2) is 7.20. The van der Waals surface area contributed by atoms with E-state index in [0.717, 1.165) is 42.9 Å². The van der Waals surface area contributed by atoms with Crippen molar-refractivity contribution in [3.8, 4) is 0 Å². The molecule has 2 aromatic rings. The molecule has 23 heavy (non-hydrogen) atoms. The first-order valence-electron chi connectivity index (χ1n) is 7.84. The summed E-state index contributed by atoms with van der Waals surface area (Å²) < 4.78 is 13.5. The van der Waals surface area contributed by atoms with Crippen molar-refractivity contribution in [2.24, 2.45) is 0 Å². The van der Waals surface area contributed by atoms with Gasteiger partial charge < -0.3 is 15.3 Å². The zero-order valence-corrected chi connectivity index (χ0v) is 13.6. The predicted molar refractivity (Wildman–Crippen MR) is 92.6 cm³/mol. The summed E-state index contributed by atoms with van der Waals surface area (Å²) in [6.45, 7) is 2.13. The van der Waals surface area contributed by atoms with Crippen molar-refractivity contribution in [3.05, 3.63) is 58.9 Å². The Balaban J connectivity index is 1.74. The number of anilines is 2. The second-order valence-electron chi connectivity index (χ2n) is 5.80. The molecule has 122 valence electrons. The first-order chi connectivity index (χ1) is 11.1. The van der Waals surface area contributed by atoms with Crippen LogP contribution in [0.15, 0.2) is 42.5 Å². The smallest absolute Gasteiger partial charge is 0.142 e. The van der Waals surface area contributed by atoms with Crippen molar-refractivity contribution >= 4 is 23.0 Å². The molecule has 0 spiro atoms. The number of benzene rings is 2. The third-order valence-corrected chi connectivity index (χ3v) is 4.63. The van der Waals surface area contributed by atoms with E-state index in [1.807, 2.05) is 24.3 Å². The maximum absolute atomic E-state index is 13.5. The van der Waals surface area contributed by atoms with Crippen LogP contribution in [0.3, 0.4) is 0 Å². The van der Waals surface area contributed by atoms with Crippen LogP contribution >= 0.6 is 11.6 Å². The van der Waals surface area contributed by atoms with Crippen molar-refractivity contribution < 1.29 is 9.50 Å². The van der Waals surface area contributed by atoms with E-state index in [0.29, 0.717) is 6.54 Å². The van der Waals surface area contributed by atoms with E-state index in [2.05, 4.69) is 16.3 Å². The van der Waals surface area contributed by atoms with Crippen molar-refractivity contribution in [3.63, 3.8) is 0 Å². The highest BCUT2D eigenvalue weighted by Crippen LogP contribution is 2.29. The summed E-state index contributed by atoms with van der Waals surface area (Å²) in [5.74, 6) is -0.399. The lowest BCUT2D eigenvalue weighted by molar-refractivity contribution is 0.145. The number of piperidine rings is 1. The van der Waals surface area contributed by atoms with E-state index in [1.54, 1.807) is 6.07 Å². The van der Waals surface area contributed by atoms with E-state index in [1.165, 1.54) is 6.07 Å². The number of aliphatic hydroxyl groups is 1. The Labute approximate surface area is 140 Å². The number of aliphatic hydroxyl groups excluding tert-OH is 1. The highest BCUT2D eigenvalue weighted by Gasteiger charge is 2.19. The van der Waals surface area contributed by atoms with Gasteiger partial charge in [-0.2, -0.15) is 0 Å². The van der Waals surface area contributed by atoms with Gasteiger partial charge in [-0.05, 0) is 36.6 Å². The molecule has 3 rings (SSSR count). The van der Waals surface area contributed by atoms with Gasteiger partial charge in [0, 0.05) is 19.6 Å². The molecule has 1 fully saturated rings.